The van der Waals surface area contributed by atoms with Crippen LogP contribution in [0.5, 0.6) is 0 Å². The predicted molar refractivity (Wildman–Crippen MR) is 116 cm³/mol. The Hall–Kier alpha value is -2.78. The molecule has 2 aromatic rings. The van der Waals surface area contributed by atoms with Crippen molar-refractivity contribution in [2.75, 3.05) is 37.7 Å². The average Bonchev–Trinajstić information content (AvgIpc) is 2.75. The molecule has 7 nitrogen and oxygen atoms in total. The van der Waals surface area contributed by atoms with Crippen LogP contribution < -0.4 is 10.6 Å². The summed E-state index contributed by atoms with van der Waals surface area (Å²) in [7, 11) is -3.07. The molecule has 1 heterocycles. The van der Waals surface area contributed by atoms with E-state index in [-0.39, 0.29) is 49.2 Å². The Morgan fingerprint density at radius 3 is 2.32 bits per heavy atom. The lowest BCUT2D eigenvalue weighted by Crippen LogP contribution is -2.48. The van der Waals surface area contributed by atoms with E-state index in [0.29, 0.717) is 5.56 Å². The molecule has 2 amide bonds. The number of halogens is 1. The van der Waals surface area contributed by atoms with E-state index in [1.807, 2.05) is 35.2 Å². The highest BCUT2D eigenvalue weighted by atomic mass is 32.2. The first kappa shape index (κ1) is 22.9. The highest BCUT2D eigenvalue weighted by molar-refractivity contribution is 7.91. The maximum absolute atomic E-state index is 13.6. The monoisotopic (exact) mass is 447 g/mol. The van der Waals surface area contributed by atoms with Crippen molar-refractivity contribution >= 4 is 21.7 Å². The molecule has 2 N–H and O–H groups in total. The maximum Gasteiger partial charge on any atom is 0.251 e. The highest BCUT2D eigenvalue weighted by Crippen LogP contribution is 2.23. The number of benzene rings is 2. The van der Waals surface area contributed by atoms with Gasteiger partial charge in [-0.3, -0.25) is 14.5 Å². The molecule has 1 atom stereocenters. The Morgan fingerprint density at radius 1 is 1.03 bits per heavy atom. The summed E-state index contributed by atoms with van der Waals surface area (Å²) in [6, 6.07) is 12.8. The third-order valence-corrected chi connectivity index (χ3v) is 6.86. The first-order chi connectivity index (χ1) is 14.8. The van der Waals surface area contributed by atoms with Gasteiger partial charge in [0.05, 0.1) is 11.5 Å². The van der Waals surface area contributed by atoms with Crippen molar-refractivity contribution in [1.82, 2.24) is 15.5 Å². The molecule has 1 aliphatic rings. The number of hydrogen-bond acceptors (Lipinski definition) is 5. The molecule has 9 heteroatoms. The lowest BCUT2D eigenvalue weighted by Gasteiger charge is -2.33. The van der Waals surface area contributed by atoms with Crippen molar-refractivity contribution in [2.45, 2.75) is 13.0 Å². The van der Waals surface area contributed by atoms with Gasteiger partial charge in [-0.15, -0.1) is 0 Å². The second-order valence-electron chi connectivity index (χ2n) is 7.51. The van der Waals surface area contributed by atoms with Crippen LogP contribution in [-0.4, -0.2) is 62.8 Å². The summed E-state index contributed by atoms with van der Waals surface area (Å²) in [5.74, 6) is -1.09. The number of nitrogens with zero attached hydrogens (tertiary/aromatic N) is 1. The Balaban J connectivity index is 1.58. The van der Waals surface area contributed by atoms with Gasteiger partial charge in [0.2, 0.25) is 5.91 Å². The van der Waals surface area contributed by atoms with E-state index in [1.54, 1.807) is 13.0 Å². The van der Waals surface area contributed by atoms with Crippen LogP contribution in [0.2, 0.25) is 0 Å². The lowest BCUT2D eigenvalue weighted by atomic mass is 10.0. The van der Waals surface area contributed by atoms with E-state index in [4.69, 9.17) is 0 Å². The summed E-state index contributed by atoms with van der Waals surface area (Å²) in [5.41, 5.74) is 1.45. The van der Waals surface area contributed by atoms with E-state index in [1.165, 1.54) is 12.1 Å². The van der Waals surface area contributed by atoms with Crippen molar-refractivity contribution in [3.63, 3.8) is 0 Å². The summed E-state index contributed by atoms with van der Waals surface area (Å²) in [4.78, 5) is 27.0. The molecule has 2 aromatic carbocycles. The Bertz CT molecular complexity index is 1030. The van der Waals surface area contributed by atoms with Crippen molar-refractivity contribution in [2.24, 2.45) is 0 Å². The summed E-state index contributed by atoms with van der Waals surface area (Å²) >= 11 is 0. The molecule has 1 unspecified atom stereocenters. The highest BCUT2D eigenvalue weighted by Gasteiger charge is 2.32. The molecule has 3 rings (SSSR count). The number of carbonyl (C=O) groups is 2. The average molecular weight is 448 g/mol. The first-order valence-electron chi connectivity index (χ1n) is 10.1. The van der Waals surface area contributed by atoms with Gasteiger partial charge >= 0.3 is 0 Å². The number of rotatable bonds is 7. The summed E-state index contributed by atoms with van der Waals surface area (Å²) in [5, 5.41) is 5.46. The van der Waals surface area contributed by atoms with Crippen molar-refractivity contribution in [1.29, 1.82) is 0 Å². The fraction of sp³-hybridized carbons (Fsp3) is 0.364. The van der Waals surface area contributed by atoms with Crippen LogP contribution in [0.15, 0.2) is 48.5 Å². The lowest BCUT2D eigenvalue weighted by molar-refractivity contribution is -0.126. The molecule has 0 aromatic heterocycles. The predicted octanol–water partition coefficient (Wildman–Crippen LogP) is 1.45. The number of hydrogen-bond donors (Lipinski definition) is 2. The number of amides is 2. The van der Waals surface area contributed by atoms with E-state index < -0.39 is 27.6 Å². The van der Waals surface area contributed by atoms with Crippen molar-refractivity contribution < 1.29 is 22.4 Å². The smallest absolute Gasteiger partial charge is 0.251 e. The van der Waals surface area contributed by atoms with E-state index in [0.717, 1.165) is 5.56 Å². The van der Waals surface area contributed by atoms with Crippen LogP contribution in [0.4, 0.5) is 4.39 Å². The van der Waals surface area contributed by atoms with Gasteiger partial charge in [-0.1, -0.05) is 36.4 Å². The summed E-state index contributed by atoms with van der Waals surface area (Å²) < 4.78 is 37.2. The minimum absolute atomic E-state index is 0.0206. The maximum atomic E-state index is 13.6. The number of nitrogens with one attached hydrogen (secondary N) is 2. The number of carbonyl (C=O) groups excluding carboxylic acids is 2. The number of aryl methyl sites for hydroxylation is 1. The second-order valence-corrected chi connectivity index (χ2v) is 9.82. The van der Waals surface area contributed by atoms with Gasteiger partial charge in [0, 0.05) is 31.7 Å². The fourth-order valence-electron chi connectivity index (χ4n) is 3.44. The Kier molecular flexibility index (Phi) is 7.40. The Morgan fingerprint density at radius 2 is 1.68 bits per heavy atom. The SMILES string of the molecule is Cc1ccc(C(=O)NCCNC(=O)C(c2ccccc2)N2CCS(=O)(=O)CC2)cc1F. The quantitative estimate of drug-likeness (QED) is 0.627. The zero-order chi connectivity index (χ0) is 22.4. The fourth-order valence-corrected chi connectivity index (χ4v) is 4.67. The molecular weight excluding hydrogens is 421 g/mol. The molecule has 166 valence electrons. The molecule has 31 heavy (non-hydrogen) atoms. The molecule has 0 radical (unpaired) electrons. The van der Waals surface area contributed by atoms with Gasteiger partial charge < -0.3 is 10.6 Å². The summed E-state index contributed by atoms with van der Waals surface area (Å²) in [6.07, 6.45) is 0. The van der Waals surface area contributed by atoms with Gasteiger partial charge in [-0.05, 0) is 30.2 Å². The van der Waals surface area contributed by atoms with Crippen LogP contribution in [-0.2, 0) is 14.6 Å². The molecule has 0 spiro atoms. The minimum Gasteiger partial charge on any atom is -0.353 e. The third kappa shape index (κ3) is 6.11. The van der Waals surface area contributed by atoms with E-state index in [2.05, 4.69) is 10.6 Å². The van der Waals surface area contributed by atoms with Crippen LogP contribution in [0.3, 0.4) is 0 Å². The van der Waals surface area contributed by atoms with Crippen molar-refractivity contribution in [3.8, 4) is 0 Å². The Labute approximate surface area is 181 Å². The van der Waals surface area contributed by atoms with E-state index in [9.17, 15) is 22.4 Å². The molecule has 1 fully saturated rings. The largest absolute Gasteiger partial charge is 0.353 e. The topological polar surface area (TPSA) is 95.6 Å². The van der Waals surface area contributed by atoms with Gasteiger partial charge in [-0.2, -0.15) is 0 Å². The normalized spacial score (nSPS) is 17.0. The third-order valence-electron chi connectivity index (χ3n) is 5.25. The van der Waals surface area contributed by atoms with Gasteiger partial charge in [0.15, 0.2) is 9.84 Å². The molecule has 0 bridgehead atoms. The zero-order valence-corrected chi connectivity index (χ0v) is 18.1. The van der Waals surface area contributed by atoms with Gasteiger partial charge in [0.25, 0.3) is 5.91 Å². The second kappa shape index (κ2) is 10.0. The van der Waals surface area contributed by atoms with Crippen LogP contribution in [0.25, 0.3) is 0 Å². The molecule has 1 saturated heterocycles. The first-order valence-corrected chi connectivity index (χ1v) is 11.9. The minimum atomic E-state index is -3.07. The van der Waals surface area contributed by atoms with Crippen LogP contribution in [0, 0.1) is 12.7 Å². The molecule has 0 saturated carbocycles. The zero-order valence-electron chi connectivity index (χ0n) is 17.3. The van der Waals surface area contributed by atoms with Gasteiger partial charge in [-0.25, -0.2) is 12.8 Å². The van der Waals surface area contributed by atoms with Crippen LogP contribution >= 0.6 is 0 Å². The van der Waals surface area contributed by atoms with E-state index >= 15 is 0 Å². The summed E-state index contributed by atoms with van der Waals surface area (Å²) in [6.45, 7) is 2.55. The standard InChI is InChI=1S/C22H26FN3O4S/c1-16-7-8-18(15-19(16)23)21(27)24-9-10-25-22(28)20(17-5-3-2-4-6-17)26-11-13-31(29,30)14-12-26/h2-8,15,20H,9-14H2,1H3,(H,24,27)(H,25,28). The van der Waals surface area contributed by atoms with Gasteiger partial charge in [0.1, 0.15) is 11.9 Å². The molecule has 1 aliphatic heterocycles. The molecule has 0 aliphatic carbocycles. The molecular formula is C22H26FN3O4S. The number of sulfone groups is 1. The van der Waals surface area contributed by atoms with Crippen molar-refractivity contribution in [3.05, 3.63) is 71.0 Å². The van der Waals surface area contributed by atoms with Crippen LogP contribution in [0.1, 0.15) is 27.5 Å².